The number of likely N-dealkylation sites (N-methyl/N-ethyl adjacent to an activating group) is 1. The second-order valence-corrected chi connectivity index (χ2v) is 7.21. The van der Waals surface area contributed by atoms with E-state index in [0.29, 0.717) is 0 Å². The SMILES string of the molecule is CCCN(CC)CCn1c(C(C)Cl)nc2cc(I)ccc21. The Labute approximate surface area is 145 Å². The lowest BCUT2D eigenvalue weighted by Gasteiger charge is -2.21. The van der Waals surface area contributed by atoms with Gasteiger partial charge in [0.25, 0.3) is 0 Å². The van der Waals surface area contributed by atoms with E-state index in [2.05, 4.69) is 64.1 Å². The van der Waals surface area contributed by atoms with Crippen LogP contribution in [-0.2, 0) is 6.54 Å². The zero-order chi connectivity index (χ0) is 15.4. The van der Waals surface area contributed by atoms with E-state index in [-0.39, 0.29) is 5.38 Å². The molecule has 0 amide bonds. The van der Waals surface area contributed by atoms with E-state index in [9.17, 15) is 0 Å². The lowest BCUT2D eigenvalue weighted by Crippen LogP contribution is -2.28. The number of nitrogens with zero attached hydrogens (tertiary/aromatic N) is 3. The Morgan fingerprint density at radius 2 is 2.10 bits per heavy atom. The number of rotatable bonds is 7. The van der Waals surface area contributed by atoms with E-state index in [0.717, 1.165) is 37.5 Å². The third-order valence-electron chi connectivity index (χ3n) is 3.72. The van der Waals surface area contributed by atoms with Crippen molar-refractivity contribution in [2.24, 2.45) is 0 Å². The first kappa shape index (κ1) is 17.0. The second kappa shape index (κ2) is 7.79. The Hall–Kier alpha value is -0.330. The highest BCUT2D eigenvalue weighted by molar-refractivity contribution is 14.1. The van der Waals surface area contributed by atoms with Gasteiger partial charge in [0.1, 0.15) is 5.82 Å². The van der Waals surface area contributed by atoms with Crippen molar-refractivity contribution in [3.05, 3.63) is 27.6 Å². The lowest BCUT2D eigenvalue weighted by molar-refractivity contribution is 0.276. The minimum atomic E-state index is -0.0729. The van der Waals surface area contributed by atoms with Gasteiger partial charge in [-0.15, -0.1) is 11.6 Å². The molecule has 0 bridgehead atoms. The molecule has 1 heterocycles. The highest BCUT2D eigenvalue weighted by atomic mass is 127. The van der Waals surface area contributed by atoms with Gasteiger partial charge in [0.2, 0.25) is 0 Å². The van der Waals surface area contributed by atoms with Crippen LogP contribution in [0.2, 0.25) is 0 Å². The molecule has 1 aromatic carbocycles. The van der Waals surface area contributed by atoms with Crippen molar-refractivity contribution in [3.63, 3.8) is 0 Å². The van der Waals surface area contributed by atoms with Gasteiger partial charge in [0, 0.05) is 16.7 Å². The molecular weight excluding hydrogens is 397 g/mol. The van der Waals surface area contributed by atoms with Gasteiger partial charge in [0.05, 0.1) is 16.4 Å². The number of alkyl halides is 1. The van der Waals surface area contributed by atoms with Gasteiger partial charge in [-0.3, -0.25) is 0 Å². The molecule has 0 aliphatic rings. The Kier molecular flexibility index (Phi) is 6.32. The summed E-state index contributed by atoms with van der Waals surface area (Å²) in [5.74, 6) is 0.973. The molecule has 1 atom stereocenters. The number of fused-ring (bicyclic) bond motifs is 1. The number of hydrogen-bond donors (Lipinski definition) is 0. The second-order valence-electron chi connectivity index (χ2n) is 5.30. The number of benzene rings is 1. The predicted molar refractivity (Wildman–Crippen MR) is 99.1 cm³/mol. The minimum absolute atomic E-state index is 0.0729. The van der Waals surface area contributed by atoms with Crippen LogP contribution < -0.4 is 0 Å². The molecule has 0 radical (unpaired) electrons. The highest BCUT2D eigenvalue weighted by Gasteiger charge is 2.15. The molecule has 1 unspecified atom stereocenters. The third-order valence-corrected chi connectivity index (χ3v) is 4.59. The summed E-state index contributed by atoms with van der Waals surface area (Å²) in [7, 11) is 0. The zero-order valence-corrected chi connectivity index (χ0v) is 15.9. The van der Waals surface area contributed by atoms with Gasteiger partial charge in [-0.25, -0.2) is 4.98 Å². The van der Waals surface area contributed by atoms with E-state index in [1.54, 1.807) is 0 Å². The average molecular weight is 420 g/mol. The molecule has 0 aliphatic heterocycles. The van der Waals surface area contributed by atoms with Crippen molar-refractivity contribution < 1.29 is 0 Å². The quantitative estimate of drug-likeness (QED) is 0.480. The van der Waals surface area contributed by atoms with Crippen molar-refractivity contribution in [3.8, 4) is 0 Å². The van der Waals surface area contributed by atoms with Crippen molar-refractivity contribution in [1.82, 2.24) is 14.5 Å². The van der Waals surface area contributed by atoms with Crippen molar-refractivity contribution in [2.75, 3.05) is 19.6 Å². The smallest absolute Gasteiger partial charge is 0.127 e. The van der Waals surface area contributed by atoms with Gasteiger partial charge >= 0.3 is 0 Å². The Morgan fingerprint density at radius 3 is 2.71 bits per heavy atom. The standard InChI is InChI=1S/C16H23ClIN3/c1-4-8-20(5-2)9-10-21-15-7-6-13(18)11-14(15)19-16(21)12(3)17/h6-7,11-12H,4-5,8-10H2,1-3H3. The van der Waals surface area contributed by atoms with Crippen LogP contribution in [-0.4, -0.2) is 34.1 Å². The molecule has 0 fully saturated rings. The monoisotopic (exact) mass is 419 g/mol. The highest BCUT2D eigenvalue weighted by Crippen LogP contribution is 2.25. The summed E-state index contributed by atoms with van der Waals surface area (Å²) >= 11 is 8.66. The van der Waals surface area contributed by atoms with Gasteiger partial charge in [0.15, 0.2) is 0 Å². The molecule has 3 nitrogen and oxygen atoms in total. The number of hydrogen-bond acceptors (Lipinski definition) is 2. The summed E-state index contributed by atoms with van der Waals surface area (Å²) in [6.07, 6.45) is 1.19. The maximum absolute atomic E-state index is 6.33. The number of aromatic nitrogens is 2. The van der Waals surface area contributed by atoms with E-state index in [1.807, 2.05) is 6.92 Å². The summed E-state index contributed by atoms with van der Waals surface area (Å²) in [6, 6.07) is 6.41. The first-order chi connectivity index (χ1) is 10.1. The van der Waals surface area contributed by atoms with Crippen LogP contribution in [0.15, 0.2) is 18.2 Å². The largest absolute Gasteiger partial charge is 0.325 e. The number of halogens is 2. The van der Waals surface area contributed by atoms with Gasteiger partial charge in [-0.2, -0.15) is 0 Å². The van der Waals surface area contributed by atoms with Crippen LogP contribution in [0.4, 0.5) is 0 Å². The number of imidazole rings is 1. The Balaban J connectivity index is 2.30. The van der Waals surface area contributed by atoms with E-state index >= 15 is 0 Å². The van der Waals surface area contributed by atoms with Crippen LogP contribution in [0.25, 0.3) is 11.0 Å². The van der Waals surface area contributed by atoms with Gasteiger partial charge < -0.3 is 9.47 Å². The summed E-state index contributed by atoms with van der Waals surface area (Å²) in [6.45, 7) is 10.7. The van der Waals surface area contributed by atoms with E-state index in [4.69, 9.17) is 16.6 Å². The van der Waals surface area contributed by atoms with Crippen LogP contribution in [0.5, 0.6) is 0 Å². The maximum Gasteiger partial charge on any atom is 0.127 e. The topological polar surface area (TPSA) is 21.1 Å². The van der Waals surface area contributed by atoms with Crippen molar-refractivity contribution in [1.29, 1.82) is 0 Å². The van der Waals surface area contributed by atoms with Gasteiger partial charge in [-0.05, 0) is 67.2 Å². The van der Waals surface area contributed by atoms with Crippen LogP contribution in [0.1, 0.15) is 38.4 Å². The zero-order valence-electron chi connectivity index (χ0n) is 12.9. The molecule has 2 rings (SSSR count). The van der Waals surface area contributed by atoms with Crippen molar-refractivity contribution in [2.45, 2.75) is 39.1 Å². The molecule has 21 heavy (non-hydrogen) atoms. The summed E-state index contributed by atoms with van der Waals surface area (Å²) in [4.78, 5) is 7.20. The fourth-order valence-corrected chi connectivity index (χ4v) is 3.29. The third kappa shape index (κ3) is 4.11. The Bertz CT molecular complexity index is 594. The normalized spacial score (nSPS) is 13.2. The van der Waals surface area contributed by atoms with E-state index < -0.39 is 0 Å². The van der Waals surface area contributed by atoms with Crippen LogP contribution >= 0.6 is 34.2 Å². The van der Waals surface area contributed by atoms with Gasteiger partial charge in [-0.1, -0.05) is 13.8 Å². The lowest BCUT2D eigenvalue weighted by atomic mass is 10.3. The fourth-order valence-electron chi connectivity index (χ4n) is 2.65. The summed E-state index contributed by atoms with van der Waals surface area (Å²) in [5.41, 5.74) is 2.23. The van der Waals surface area contributed by atoms with Crippen LogP contribution in [0.3, 0.4) is 0 Å². The average Bonchev–Trinajstić information content (AvgIpc) is 2.81. The molecule has 0 spiro atoms. The Morgan fingerprint density at radius 1 is 1.33 bits per heavy atom. The molecule has 0 saturated carbocycles. The minimum Gasteiger partial charge on any atom is -0.325 e. The summed E-state index contributed by atoms with van der Waals surface area (Å²) in [5, 5.41) is -0.0729. The maximum atomic E-state index is 6.33. The first-order valence-electron chi connectivity index (χ1n) is 7.58. The molecule has 2 aromatic rings. The van der Waals surface area contributed by atoms with Crippen LogP contribution in [0, 0.1) is 3.57 Å². The van der Waals surface area contributed by atoms with Crippen molar-refractivity contribution >= 4 is 45.2 Å². The molecule has 0 saturated heterocycles. The molecule has 0 N–H and O–H groups in total. The van der Waals surface area contributed by atoms with E-state index in [1.165, 1.54) is 15.5 Å². The fraction of sp³-hybridized carbons (Fsp3) is 0.562. The summed E-state index contributed by atoms with van der Waals surface area (Å²) < 4.78 is 3.49. The molecule has 0 aliphatic carbocycles. The predicted octanol–water partition coefficient (Wildman–Crippen LogP) is 4.67. The molecule has 5 heteroatoms. The molecule has 1 aromatic heterocycles. The molecule has 116 valence electrons. The molecular formula is C16H23ClIN3. The first-order valence-corrected chi connectivity index (χ1v) is 9.10.